The summed E-state index contributed by atoms with van der Waals surface area (Å²) in [6, 6.07) is 5.18. The maximum atomic E-state index is 13.2. The van der Waals surface area contributed by atoms with Gasteiger partial charge >= 0.3 is 6.03 Å². The van der Waals surface area contributed by atoms with E-state index in [9.17, 15) is 14.4 Å². The molecule has 0 saturated carbocycles. The van der Waals surface area contributed by atoms with Crippen molar-refractivity contribution in [2.24, 2.45) is 0 Å². The van der Waals surface area contributed by atoms with E-state index in [0.29, 0.717) is 48.8 Å². The van der Waals surface area contributed by atoms with E-state index in [1.807, 2.05) is 18.2 Å². The highest BCUT2D eigenvalue weighted by molar-refractivity contribution is 7.23. The third-order valence-corrected chi connectivity index (χ3v) is 6.66. The molecule has 3 heterocycles. The number of amides is 4. The highest BCUT2D eigenvalue weighted by Crippen LogP contribution is 2.40. The second-order valence-corrected chi connectivity index (χ2v) is 8.08. The second-order valence-electron chi connectivity index (χ2n) is 7.03. The third kappa shape index (κ3) is 2.61. The molecule has 28 heavy (non-hydrogen) atoms. The Hall–Kier alpha value is -2.81. The molecule has 0 radical (unpaired) electrons. The molecule has 3 N–H and O–H groups in total. The lowest BCUT2D eigenvalue weighted by Gasteiger charge is -2.37. The molecule has 1 spiro atoms. The first-order valence-corrected chi connectivity index (χ1v) is 10.0. The minimum absolute atomic E-state index is 0.157. The number of anilines is 1. The zero-order chi connectivity index (χ0) is 20.1. The molecule has 0 bridgehead atoms. The van der Waals surface area contributed by atoms with Crippen LogP contribution in [0, 0.1) is 0 Å². The van der Waals surface area contributed by atoms with Crippen molar-refractivity contribution < 1.29 is 19.1 Å². The van der Waals surface area contributed by atoms with Crippen molar-refractivity contribution >= 4 is 44.3 Å². The molecule has 2 aliphatic heterocycles. The van der Waals surface area contributed by atoms with Crippen LogP contribution in [0.3, 0.4) is 0 Å². The number of hydrogen-bond acceptors (Lipinski definition) is 6. The number of nitrogens with two attached hydrogens (primary N) is 1. The van der Waals surface area contributed by atoms with E-state index in [-0.39, 0.29) is 17.8 Å². The first-order chi connectivity index (χ1) is 13.4. The number of carbonyl (C=O) groups excluding carboxylic acids is 3. The molecule has 4 amide bonds. The first kappa shape index (κ1) is 18.5. The summed E-state index contributed by atoms with van der Waals surface area (Å²) >= 11 is 1.33. The number of carbonyl (C=O) groups is 3. The number of benzene rings is 1. The highest BCUT2D eigenvalue weighted by atomic mass is 32.1. The number of nitrogens with one attached hydrogen (secondary N) is 1. The van der Waals surface area contributed by atoms with Crippen molar-refractivity contribution in [1.29, 1.82) is 0 Å². The fraction of sp³-hybridized carbons (Fsp3) is 0.421. The van der Waals surface area contributed by atoms with Gasteiger partial charge in [0, 0.05) is 25.0 Å². The molecule has 2 fully saturated rings. The molecule has 0 atom stereocenters. The predicted octanol–water partition coefficient (Wildman–Crippen LogP) is 2.04. The van der Waals surface area contributed by atoms with Gasteiger partial charge in [0.25, 0.3) is 11.8 Å². The van der Waals surface area contributed by atoms with Crippen LogP contribution in [0.2, 0.25) is 0 Å². The van der Waals surface area contributed by atoms with E-state index in [1.54, 1.807) is 18.9 Å². The molecule has 4 rings (SSSR count). The van der Waals surface area contributed by atoms with Gasteiger partial charge in [-0.2, -0.15) is 0 Å². The number of hydrogen-bond donors (Lipinski definition) is 2. The van der Waals surface area contributed by atoms with Gasteiger partial charge in [-0.3, -0.25) is 14.5 Å². The van der Waals surface area contributed by atoms with Crippen LogP contribution in [0.1, 0.15) is 30.1 Å². The monoisotopic (exact) mass is 402 g/mol. The Morgan fingerprint density at radius 1 is 1.32 bits per heavy atom. The fourth-order valence-corrected chi connectivity index (χ4v) is 5.10. The van der Waals surface area contributed by atoms with Gasteiger partial charge in [0.1, 0.15) is 11.3 Å². The lowest BCUT2D eigenvalue weighted by molar-refractivity contribution is -0.132. The molecule has 0 aliphatic carbocycles. The summed E-state index contributed by atoms with van der Waals surface area (Å²) in [5, 5.41) is 4.05. The number of likely N-dealkylation sites (N-methyl/N-ethyl adjacent to an activating group) is 1. The zero-order valence-electron chi connectivity index (χ0n) is 15.8. The summed E-state index contributed by atoms with van der Waals surface area (Å²) < 4.78 is 6.22. The normalized spacial score (nSPS) is 18.8. The summed E-state index contributed by atoms with van der Waals surface area (Å²) in [7, 11) is 1.59. The smallest absolute Gasteiger partial charge is 0.325 e. The number of fused-ring (bicyclic) bond motifs is 1. The van der Waals surface area contributed by atoms with Crippen LogP contribution in [-0.2, 0) is 4.79 Å². The van der Waals surface area contributed by atoms with Crippen molar-refractivity contribution in [2.45, 2.75) is 25.3 Å². The van der Waals surface area contributed by atoms with E-state index in [4.69, 9.17) is 10.5 Å². The van der Waals surface area contributed by atoms with Crippen LogP contribution < -0.4 is 15.8 Å². The fourth-order valence-electron chi connectivity index (χ4n) is 4.04. The van der Waals surface area contributed by atoms with Crippen molar-refractivity contribution in [1.82, 2.24) is 15.1 Å². The molecule has 1 aromatic heterocycles. The summed E-state index contributed by atoms with van der Waals surface area (Å²) in [5.74, 6) is 0.332. The number of nitrogen functional groups attached to an aromatic ring is 1. The van der Waals surface area contributed by atoms with Crippen molar-refractivity contribution in [3.8, 4) is 5.75 Å². The maximum absolute atomic E-state index is 13.2. The number of urea groups is 1. The SMILES string of the molecule is CCN1C(=O)NC2(CCN(C(=O)c3c(N)sc4c(OC)cccc34)CC2)C1=O. The topological polar surface area (TPSA) is 105 Å². The quantitative estimate of drug-likeness (QED) is 0.765. The summed E-state index contributed by atoms with van der Waals surface area (Å²) in [6.07, 6.45) is 0.788. The van der Waals surface area contributed by atoms with Gasteiger partial charge in [-0.15, -0.1) is 11.3 Å². The van der Waals surface area contributed by atoms with Gasteiger partial charge in [-0.25, -0.2) is 4.79 Å². The van der Waals surface area contributed by atoms with E-state index < -0.39 is 5.54 Å². The molecule has 2 aromatic rings. The number of likely N-dealkylation sites (tertiary alicyclic amines) is 1. The van der Waals surface area contributed by atoms with E-state index in [2.05, 4.69) is 5.32 Å². The summed E-state index contributed by atoms with van der Waals surface area (Å²) in [4.78, 5) is 40.8. The highest BCUT2D eigenvalue weighted by Gasteiger charge is 2.52. The van der Waals surface area contributed by atoms with Crippen LogP contribution in [0.25, 0.3) is 10.1 Å². The number of thiophene rings is 1. The van der Waals surface area contributed by atoms with E-state index >= 15 is 0 Å². The van der Waals surface area contributed by atoms with Crippen molar-refractivity contribution in [3.05, 3.63) is 23.8 Å². The van der Waals surface area contributed by atoms with Crippen LogP contribution in [0.15, 0.2) is 18.2 Å². The van der Waals surface area contributed by atoms with Gasteiger partial charge < -0.3 is 20.7 Å². The summed E-state index contributed by atoms with van der Waals surface area (Å²) in [5.41, 5.74) is 5.76. The molecule has 148 valence electrons. The van der Waals surface area contributed by atoms with Gasteiger partial charge in [-0.1, -0.05) is 12.1 Å². The number of imide groups is 1. The number of rotatable bonds is 3. The predicted molar refractivity (Wildman–Crippen MR) is 107 cm³/mol. The van der Waals surface area contributed by atoms with Crippen LogP contribution in [0.4, 0.5) is 9.80 Å². The largest absolute Gasteiger partial charge is 0.495 e. The van der Waals surface area contributed by atoms with Crippen LogP contribution >= 0.6 is 11.3 Å². The molecular formula is C19H22N4O4S. The summed E-state index contributed by atoms with van der Waals surface area (Å²) in [6.45, 7) is 2.87. The lowest BCUT2D eigenvalue weighted by Crippen LogP contribution is -2.55. The molecule has 1 aromatic carbocycles. The average Bonchev–Trinajstić information content (AvgIpc) is 3.14. The van der Waals surface area contributed by atoms with Crippen molar-refractivity contribution in [3.63, 3.8) is 0 Å². The maximum Gasteiger partial charge on any atom is 0.325 e. The van der Waals surface area contributed by atoms with Crippen molar-refractivity contribution in [2.75, 3.05) is 32.5 Å². The van der Waals surface area contributed by atoms with Crippen LogP contribution in [-0.4, -0.2) is 59.9 Å². The Kier molecular flexibility index (Phi) is 4.41. The number of methoxy groups -OCH3 is 1. The Morgan fingerprint density at radius 2 is 2.04 bits per heavy atom. The third-order valence-electron chi connectivity index (χ3n) is 5.61. The van der Waals surface area contributed by atoms with Gasteiger partial charge in [-0.05, 0) is 25.8 Å². The van der Waals surface area contributed by atoms with Crippen LogP contribution in [0.5, 0.6) is 5.75 Å². The standard InChI is InChI=1S/C19H22N4O4S/c1-3-23-17(25)19(21-18(23)26)7-9-22(10-8-19)16(24)13-11-5-4-6-12(27-2)14(11)28-15(13)20/h4-6H,3,7-10,20H2,1-2H3,(H,21,26). The molecule has 0 unspecified atom stereocenters. The molecule has 2 aliphatic rings. The molecule has 9 heteroatoms. The second kappa shape index (κ2) is 6.66. The molecule has 2 saturated heterocycles. The molecular weight excluding hydrogens is 380 g/mol. The van der Waals surface area contributed by atoms with Gasteiger partial charge in [0.2, 0.25) is 0 Å². The Labute approximate surface area is 166 Å². The Bertz CT molecular complexity index is 978. The number of ether oxygens (including phenoxy) is 1. The minimum atomic E-state index is -0.893. The van der Waals surface area contributed by atoms with Gasteiger partial charge in [0.05, 0.1) is 22.4 Å². The minimum Gasteiger partial charge on any atom is -0.495 e. The first-order valence-electron chi connectivity index (χ1n) is 9.20. The average molecular weight is 402 g/mol. The number of nitrogens with zero attached hydrogens (tertiary/aromatic N) is 2. The molecule has 8 nitrogen and oxygen atoms in total. The van der Waals surface area contributed by atoms with E-state index in [0.717, 1.165) is 10.1 Å². The lowest BCUT2D eigenvalue weighted by atomic mass is 9.87. The number of piperidine rings is 1. The zero-order valence-corrected chi connectivity index (χ0v) is 16.6. The van der Waals surface area contributed by atoms with E-state index in [1.165, 1.54) is 16.2 Å². The van der Waals surface area contributed by atoms with Gasteiger partial charge in [0.15, 0.2) is 0 Å². The Balaban J connectivity index is 1.57. The Morgan fingerprint density at radius 3 is 2.64 bits per heavy atom.